The maximum Gasteiger partial charge on any atom is 0.449 e. The van der Waals surface area contributed by atoms with Crippen LogP contribution >= 0.6 is 0 Å². The maximum atomic E-state index is 12.6. The van der Waals surface area contributed by atoms with E-state index in [1.54, 1.807) is 17.1 Å². The highest BCUT2D eigenvalue weighted by molar-refractivity contribution is 5.59. The molecule has 2 aromatic rings. The molecule has 1 aromatic carbocycles. The van der Waals surface area contributed by atoms with Gasteiger partial charge in [-0.2, -0.15) is 13.2 Å². The van der Waals surface area contributed by atoms with E-state index in [1.807, 2.05) is 19.1 Å². The fourth-order valence-electron chi connectivity index (χ4n) is 1.87. The van der Waals surface area contributed by atoms with Crippen molar-refractivity contribution in [2.45, 2.75) is 25.9 Å². The van der Waals surface area contributed by atoms with Crippen molar-refractivity contribution in [2.24, 2.45) is 0 Å². The van der Waals surface area contributed by atoms with Gasteiger partial charge >= 0.3 is 6.18 Å². The Morgan fingerprint density at radius 2 is 1.85 bits per heavy atom. The first kappa shape index (κ1) is 14.3. The summed E-state index contributed by atoms with van der Waals surface area (Å²) in [6.45, 7) is 2.04. The molecule has 0 atom stereocenters. The molecule has 3 nitrogen and oxygen atoms in total. The molecule has 0 saturated heterocycles. The number of benzene rings is 1. The first-order chi connectivity index (χ1) is 9.40. The lowest BCUT2D eigenvalue weighted by atomic mass is 10.1. The van der Waals surface area contributed by atoms with Crippen LogP contribution in [0, 0.1) is 0 Å². The summed E-state index contributed by atoms with van der Waals surface area (Å²) in [6.07, 6.45) is -2.78. The van der Waals surface area contributed by atoms with E-state index in [0.29, 0.717) is 5.56 Å². The Hall–Kier alpha value is -2.11. The lowest BCUT2D eigenvalue weighted by molar-refractivity contribution is -0.145. The molecule has 0 amide bonds. The monoisotopic (exact) mass is 282 g/mol. The van der Waals surface area contributed by atoms with Crippen LogP contribution in [0.1, 0.15) is 24.7 Å². The van der Waals surface area contributed by atoms with Crippen molar-refractivity contribution in [3.8, 4) is 11.3 Å². The molecule has 0 fully saturated rings. The molecule has 6 heteroatoms. The zero-order chi connectivity index (χ0) is 14.8. The summed E-state index contributed by atoms with van der Waals surface area (Å²) in [5, 5.41) is 0. The van der Waals surface area contributed by atoms with Gasteiger partial charge in [0.2, 0.25) is 5.82 Å². The van der Waals surface area contributed by atoms with Crippen LogP contribution in [0.15, 0.2) is 35.1 Å². The van der Waals surface area contributed by atoms with Crippen molar-refractivity contribution in [3.05, 3.63) is 52.1 Å². The molecule has 0 aliphatic heterocycles. The van der Waals surface area contributed by atoms with Gasteiger partial charge in [-0.05, 0) is 12.0 Å². The topological polar surface area (TPSA) is 45.8 Å². The Morgan fingerprint density at radius 1 is 1.20 bits per heavy atom. The molecule has 0 aliphatic carbocycles. The SMILES string of the molecule is CCCc1ccc(-c2cc(=O)[nH]c(C(F)(F)F)n2)cc1. The van der Waals surface area contributed by atoms with E-state index < -0.39 is 17.6 Å². The highest BCUT2D eigenvalue weighted by atomic mass is 19.4. The first-order valence-corrected chi connectivity index (χ1v) is 6.18. The molecule has 0 unspecified atom stereocenters. The first-order valence-electron chi connectivity index (χ1n) is 6.18. The minimum absolute atomic E-state index is 0.0177. The molecule has 1 N–H and O–H groups in total. The van der Waals surface area contributed by atoms with Crippen LogP contribution in [0.4, 0.5) is 13.2 Å². The van der Waals surface area contributed by atoms with Gasteiger partial charge in [-0.25, -0.2) is 4.98 Å². The number of hydrogen-bond acceptors (Lipinski definition) is 2. The van der Waals surface area contributed by atoms with Crippen LogP contribution in [0.2, 0.25) is 0 Å². The third-order valence-electron chi connectivity index (χ3n) is 2.80. The molecule has 2 rings (SSSR count). The van der Waals surface area contributed by atoms with Gasteiger partial charge in [0.05, 0.1) is 5.69 Å². The number of nitrogens with one attached hydrogen (secondary N) is 1. The number of aryl methyl sites for hydroxylation is 1. The van der Waals surface area contributed by atoms with E-state index >= 15 is 0 Å². The minimum Gasteiger partial charge on any atom is -0.303 e. The fourth-order valence-corrected chi connectivity index (χ4v) is 1.87. The highest BCUT2D eigenvalue weighted by Crippen LogP contribution is 2.27. The highest BCUT2D eigenvalue weighted by Gasteiger charge is 2.34. The van der Waals surface area contributed by atoms with Crippen LogP contribution in [-0.2, 0) is 12.6 Å². The smallest absolute Gasteiger partial charge is 0.303 e. The van der Waals surface area contributed by atoms with Crippen molar-refractivity contribution in [1.29, 1.82) is 0 Å². The normalized spacial score (nSPS) is 11.6. The Morgan fingerprint density at radius 3 is 2.40 bits per heavy atom. The summed E-state index contributed by atoms with van der Waals surface area (Å²) in [4.78, 5) is 16.5. The second-order valence-electron chi connectivity index (χ2n) is 4.42. The third-order valence-corrected chi connectivity index (χ3v) is 2.80. The summed E-state index contributed by atoms with van der Waals surface area (Å²) >= 11 is 0. The van der Waals surface area contributed by atoms with Gasteiger partial charge in [-0.3, -0.25) is 4.79 Å². The Bertz CT molecular complexity index is 645. The second kappa shape index (κ2) is 5.48. The molecule has 0 saturated carbocycles. The molecular weight excluding hydrogens is 269 g/mol. The molecule has 0 spiro atoms. The number of hydrogen-bond donors (Lipinski definition) is 1. The van der Waals surface area contributed by atoms with Crippen molar-refractivity contribution >= 4 is 0 Å². The van der Waals surface area contributed by atoms with Gasteiger partial charge < -0.3 is 4.98 Å². The van der Waals surface area contributed by atoms with E-state index in [0.717, 1.165) is 24.5 Å². The van der Waals surface area contributed by atoms with E-state index in [2.05, 4.69) is 4.98 Å². The molecule has 0 aliphatic rings. The zero-order valence-electron chi connectivity index (χ0n) is 10.8. The summed E-state index contributed by atoms with van der Waals surface area (Å²) in [7, 11) is 0. The molecule has 20 heavy (non-hydrogen) atoms. The molecule has 1 aromatic heterocycles. The van der Waals surface area contributed by atoms with Crippen LogP contribution < -0.4 is 5.56 Å². The second-order valence-corrected chi connectivity index (χ2v) is 4.42. The summed E-state index contributed by atoms with van der Waals surface area (Å²) in [5.74, 6) is -1.28. The van der Waals surface area contributed by atoms with Crippen LogP contribution in [0.5, 0.6) is 0 Å². The molecule has 0 bridgehead atoms. The lowest BCUT2D eigenvalue weighted by Gasteiger charge is -2.08. The van der Waals surface area contributed by atoms with Crippen molar-refractivity contribution < 1.29 is 13.2 Å². The van der Waals surface area contributed by atoms with Gasteiger partial charge in [0, 0.05) is 11.6 Å². The van der Waals surface area contributed by atoms with Crippen LogP contribution in [-0.4, -0.2) is 9.97 Å². The predicted molar refractivity (Wildman–Crippen MR) is 69.3 cm³/mol. The number of aromatic amines is 1. The molecule has 1 heterocycles. The number of H-pyrrole nitrogens is 1. The number of aromatic nitrogens is 2. The van der Waals surface area contributed by atoms with E-state index in [-0.39, 0.29) is 5.69 Å². The van der Waals surface area contributed by atoms with Gasteiger partial charge in [0.1, 0.15) is 0 Å². The summed E-state index contributed by atoms with van der Waals surface area (Å²) in [5.41, 5.74) is 0.780. The summed E-state index contributed by atoms with van der Waals surface area (Å²) < 4.78 is 37.8. The average Bonchev–Trinajstić information content (AvgIpc) is 2.38. The van der Waals surface area contributed by atoms with Crippen molar-refractivity contribution in [2.75, 3.05) is 0 Å². The number of alkyl halides is 3. The van der Waals surface area contributed by atoms with Crippen LogP contribution in [0.3, 0.4) is 0 Å². The van der Waals surface area contributed by atoms with Gasteiger partial charge in [-0.1, -0.05) is 37.6 Å². The van der Waals surface area contributed by atoms with Gasteiger partial charge in [0.25, 0.3) is 5.56 Å². The quantitative estimate of drug-likeness (QED) is 0.937. The Kier molecular flexibility index (Phi) is 3.92. The fraction of sp³-hybridized carbons (Fsp3) is 0.286. The molecular formula is C14H13F3N2O. The Balaban J connectivity index is 2.42. The van der Waals surface area contributed by atoms with Gasteiger partial charge in [-0.15, -0.1) is 0 Å². The van der Waals surface area contributed by atoms with Crippen molar-refractivity contribution in [1.82, 2.24) is 9.97 Å². The minimum atomic E-state index is -4.67. The summed E-state index contributed by atoms with van der Waals surface area (Å²) in [6, 6.07) is 8.06. The molecule has 0 radical (unpaired) electrons. The predicted octanol–water partition coefficient (Wildman–Crippen LogP) is 3.41. The number of rotatable bonds is 3. The van der Waals surface area contributed by atoms with Crippen molar-refractivity contribution in [3.63, 3.8) is 0 Å². The van der Waals surface area contributed by atoms with Gasteiger partial charge in [0.15, 0.2) is 0 Å². The maximum absolute atomic E-state index is 12.6. The average molecular weight is 282 g/mol. The zero-order valence-corrected chi connectivity index (χ0v) is 10.8. The van der Waals surface area contributed by atoms with Crippen LogP contribution in [0.25, 0.3) is 11.3 Å². The van der Waals surface area contributed by atoms with E-state index in [4.69, 9.17) is 0 Å². The molecule has 106 valence electrons. The standard InChI is InChI=1S/C14H13F3N2O/c1-2-3-9-4-6-10(7-5-9)11-8-12(20)19-13(18-11)14(15,16)17/h4-8H,2-3H2,1H3,(H,18,19,20). The number of halogens is 3. The Labute approximate surface area is 113 Å². The number of nitrogens with zero attached hydrogens (tertiary/aromatic N) is 1. The van der Waals surface area contributed by atoms with E-state index in [9.17, 15) is 18.0 Å². The third kappa shape index (κ3) is 3.26. The largest absolute Gasteiger partial charge is 0.449 e. The lowest BCUT2D eigenvalue weighted by Crippen LogP contribution is -2.18. The van der Waals surface area contributed by atoms with E-state index in [1.165, 1.54) is 0 Å².